The van der Waals surface area contributed by atoms with Crippen LogP contribution < -0.4 is 10.6 Å². The Bertz CT molecular complexity index is 732. The van der Waals surface area contributed by atoms with E-state index in [1.165, 1.54) is 30.8 Å². The van der Waals surface area contributed by atoms with Crippen LogP contribution in [0.3, 0.4) is 0 Å². The Hall–Kier alpha value is -1.93. The standard InChI is InChI=1S/C20H33N7S/c1-4-5-10-21-20(23-15-19-25-24-16(2)26(19)3)22-14-17(18-9-8-13-28-18)27-11-6-7-12-27/h8-9,13,17H,4-7,10-12,14-15H2,1-3H3,(H2,21,22,23). The molecule has 2 N–H and O–H groups in total. The number of thiophene rings is 1. The molecule has 0 bridgehead atoms. The quantitative estimate of drug-likeness (QED) is 0.383. The summed E-state index contributed by atoms with van der Waals surface area (Å²) in [5.74, 6) is 2.64. The van der Waals surface area contributed by atoms with E-state index in [4.69, 9.17) is 4.99 Å². The Morgan fingerprint density at radius 1 is 1.29 bits per heavy atom. The molecule has 0 spiro atoms. The van der Waals surface area contributed by atoms with Gasteiger partial charge in [-0.05, 0) is 50.7 Å². The maximum Gasteiger partial charge on any atom is 0.191 e. The van der Waals surface area contributed by atoms with Crippen molar-refractivity contribution in [2.75, 3.05) is 26.2 Å². The van der Waals surface area contributed by atoms with Crippen molar-refractivity contribution in [1.29, 1.82) is 0 Å². The number of unbranched alkanes of at least 4 members (excludes halogenated alkanes) is 1. The fourth-order valence-corrected chi connectivity index (χ4v) is 4.29. The van der Waals surface area contributed by atoms with Crippen molar-refractivity contribution in [3.63, 3.8) is 0 Å². The highest BCUT2D eigenvalue weighted by Crippen LogP contribution is 2.27. The lowest BCUT2D eigenvalue weighted by atomic mass is 10.2. The van der Waals surface area contributed by atoms with Gasteiger partial charge in [0.25, 0.3) is 0 Å². The minimum Gasteiger partial charge on any atom is -0.356 e. The van der Waals surface area contributed by atoms with Crippen LogP contribution >= 0.6 is 11.3 Å². The van der Waals surface area contributed by atoms with Gasteiger partial charge in [0.05, 0.1) is 6.04 Å². The molecule has 1 atom stereocenters. The fourth-order valence-electron chi connectivity index (χ4n) is 3.43. The molecule has 3 rings (SSSR count). The third-order valence-corrected chi connectivity index (χ3v) is 6.27. The van der Waals surface area contributed by atoms with E-state index in [0.717, 1.165) is 43.5 Å². The maximum absolute atomic E-state index is 4.78. The summed E-state index contributed by atoms with van der Waals surface area (Å²) in [5.41, 5.74) is 0. The summed E-state index contributed by atoms with van der Waals surface area (Å²) in [6, 6.07) is 4.80. The predicted octanol–water partition coefficient (Wildman–Crippen LogP) is 2.86. The highest BCUT2D eigenvalue weighted by molar-refractivity contribution is 7.10. The van der Waals surface area contributed by atoms with E-state index in [1.807, 2.05) is 29.9 Å². The molecule has 0 radical (unpaired) electrons. The molecule has 154 valence electrons. The van der Waals surface area contributed by atoms with E-state index in [1.54, 1.807) is 0 Å². The number of aliphatic imine (C=N–C) groups is 1. The molecule has 0 saturated carbocycles. The van der Waals surface area contributed by atoms with E-state index in [9.17, 15) is 0 Å². The molecule has 0 aliphatic carbocycles. The molecule has 0 aromatic carbocycles. The second-order valence-electron chi connectivity index (χ2n) is 7.32. The number of rotatable bonds is 9. The van der Waals surface area contributed by atoms with Crippen LogP contribution in [0.2, 0.25) is 0 Å². The number of guanidine groups is 1. The Morgan fingerprint density at radius 2 is 2.11 bits per heavy atom. The summed E-state index contributed by atoms with van der Waals surface area (Å²) < 4.78 is 1.99. The van der Waals surface area contributed by atoms with E-state index < -0.39 is 0 Å². The summed E-state index contributed by atoms with van der Waals surface area (Å²) in [7, 11) is 1.98. The van der Waals surface area contributed by atoms with Gasteiger partial charge in [-0.2, -0.15) is 0 Å². The van der Waals surface area contributed by atoms with Gasteiger partial charge in [0, 0.05) is 25.0 Å². The molecule has 2 aromatic heterocycles. The average Bonchev–Trinajstić information content (AvgIpc) is 3.45. The Balaban J connectivity index is 1.66. The van der Waals surface area contributed by atoms with Gasteiger partial charge in [-0.15, -0.1) is 21.5 Å². The molecule has 0 amide bonds. The molecule has 8 heteroatoms. The van der Waals surface area contributed by atoms with Crippen molar-refractivity contribution in [2.45, 2.75) is 52.1 Å². The van der Waals surface area contributed by atoms with Crippen molar-refractivity contribution in [3.05, 3.63) is 34.0 Å². The summed E-state index contributed by atoms with van der Waals surface area (Å²) >= 11 is 1.84. The van der Waals surface area contributed by atoms with Crippen LogP contribution in [0.15, 0.2) is 22.5 Å². The van der Waals surface area contributed by atoms with E-state index >= 15 is 0 Å². The molecule has 7 nitrogen and oxygen atoms in total. The zero-order valence-corrected chi connectivity index (χ0v) is 18.1. The Morgan fingerprint density at radius 3 is 2.75 bits per heavy atom. The molecular formula is C20H33N7S. The third kappa shape index (κ3) is 5.54. The molecule has 3 heterocycles. The smallest absolute Gasteiger partial charge is 0.191 e. The van der Waals surface area contributed by atoms with Crippen molar-refractivity contribution in [2.24, 2.45) is 12.0 Å². The SMILES string of the molecule is CCCCNC(=NCc1nnc(C)n1C)NCC(c1cccs1)N1CCCC1. The second-order valence-corrected chi connectivity index (χ2v) is 8.30. The average molecular weight is 404 g/mol. The number of aryl methyl sites for hydroxylation is 1. The van der Waals surface area contributed by atoms with Gasteiger partial charge in [0.15, 0.2) is 11.8 Å². The van der Waals surface area contributed by atoms with Crippen LogP contribution in [0.1, 0.15) is 55.2 Å². The number of nitrogens with zero attached hydrogens (tertiary/aromatic N) is 5. The number of hydrogen-bond acceptors (Lipinski definition) is 5. The first-order valence-electron chi connectivity index (χ1n) is 10.3. The molecule has 1 aliphatic heterocycles. The Labute approximate surface area is 172 Å². The highest BCUT2D eigenvalue weighted by atomic mass is 32.1. The van der Waals surface area contributed by atoms with Crippen LogP contribution in [0, 0.1) is 6.92 Å². The lowest BCUT2D eigenvalue weighted by molar-refractivity contribution is 0.249. The van der Waals surface area contributed by atoms with Gasteiger partial charge >= 0.3 is 0 Å². The first-order valence-corrected chi connectivity index (χ1v) is 11.2. The molecule has 1 saturated heterocycles. The number of aromatic nitrogens is 3. The fraction of sp³-hybridized carbons (Fsp3) is 0.650. The summed E-state index contributed by atoms with van der Waals surface area (Å²) in [4.78, 5) is 8.79. The van der Waals surface area contributed by atoms with Crippen LogP contribution in [0.4, 0.5) is 0 Å². The lowest BCUT2D eigenvalue weighted by Crippen LogP contribution is -2.43. The predicted molar refractivity (Wildman–Crippen MR) is 116 cm³/mol. The number of likely N-dealkylation sites (tertiary alicyclic amines) is 1. The van der Waals surface area contributed by atoms with Crippen LogP contribution in [0.5, 0.6) is 0 Å². The minimum absolute atomic E-state index is 0.401. The van der Waals surface area contributed by atoms with Crippen LogP contribution in [-0.2, 0) is 13.6 Å². The van der Waals surface area contributed by atoms with E-state index in [0.29, 0.717) is 12.6 Å². The third-order valence-electron chi connectivity index (χ3n) is 5.30. The molecule has 1 aliphatic rings. The normalized spacial score (nSPS) is 16.5. The van der Waals surface area contributed by atoms with Crippen LogP contribution in [-0.4, -0.2) is 51.8 Å². The number of hydrogen-bond donors (Lipinski definition) is 2. The second kappa shape index (κ2) is 10.6. The van der Waals surface area contributed by atoms with Gasteiger partial charge in [0.1, 0.15) is 12.4 Å². The van der Waals surface area contributed by atoms with Gasteiger partial charge in [0.2, 0.25) is 0 Å². The van der Waals surface area contributed by atoms with E-state index in [2.05, 4.69) is 50.2 Å². The first kappa shape index (κ1) is 20.8. The first-order chi connectivity index (χ1) is 13.7. The monoisotopic (exact) mass is 403 g/mol. The summed E-state index contributed by atoms with van der Waals surface area (Å²) in [6.07, 6.45) is 4.88. The van der Waals surface area contributed by atoms with Gasteiger partial charge in [-0.3, -0.25) is 4.90 Å². The zero-order chi connectivity index (χ0) is 19.8. The summed E-state index contributed by atoms with van der Waals surface area (Å²) in [6.45, 7) is 8.82. The molecular weight excluding hydrogens is 370 g/mol. The van der Waals surface area contributed by atoms with Crippen molar-refractivity contribution >= 4 is 17.3 Å². The largest absolute Gasteiger partial charge is 0.356 e. The molecule has 28 heavy (non-hydrogen) atoms. The Kier molecular flexibility index (Phi) is 7.85. The minimum atomic E-state index is 0.401. The number of nitrogens with one attached hydrogen (secondary N) is 2. The van der Waals surface area contributed by atoms with Crippen LogP contribution in [0.25, 0.3) is 0 Å². The molecule has 2 aromatic rings. The lowest BCUT2D eigenvalue weighted by Gasteiger charge is -2.27. The summed E-state index contributed by atoms with van der Waals surface area (Å²) in [5, 5.41) is 17.6. The van der Waals surface area contributed by atoms with Gasteiger partial charge < -0.3 is 15.2 Å². The molecule has 1 unspecified atom stereocenters. The van der Waals surface area contributed by atoms with Gasteiger partial charge in [-0.1, -0.05) is 19.4 Å². The van der Waals surface area contributed by atoms with Crippen molar-refractivity contribution < 1.29 is 0 Å². The van der Waals surface area contributed by atoms with Crippen molar-refractivity contribution in [3.8, 4) is 0 Å². The van der Waals surface area contributed by atoms with Gasteiger partial charge in [-0.25, -0.2) is 4.99 Å². The van der Waals surface area contributed by atoms with E-state index in [-0.39, 0.29) is 0 Å². The zero-order valence-electron chi connectivity index (χ0n) is 17.3. The topological polar surface area (TPSA) is 70.4 Å². The van der Waals surface area contributed by atoms with Crippen molar-refractivity contribution in [1.82, 2.24) is 30.3 Å². The molecule has 1 fully saturated rings. The maximum atomic E-state index is 4.78. The highest BCUT2D eigenvalue weighted by Gasteiger charge is 2.24.